The van der Waals surface area contributed by atoms with Crippen molar-refractivity contribution in [2.75, 3.05) is 6.54 Å². The maximum Gasteiger partial charge on any atom is 0.224 e. The summed E-state index contributed by atoms with van der Waals surface area (Å²) in [5.74, 6) is 0.0896. The zero-order chi connectivity index (χ0) is 11.8. The third-order valence-electron chi connectivity index (χ3n) is 2.33. The van der Waals surface area contributed by atoms with E-state index < -0.39 is 0 Å². The monoisotopic (exact) mass is 283 g/mol. The summed E-state index contributed by atoms with van der Waals surface area (Å²) in [6, 6.07) is 9.80. The summed E-state index contributed by atoms with van der Waals surface area (Å²) >= 11 is 3.54. The number of alkyl halides is 1. The van der Waals surface area contributed by atoms with Gasteiger partial charge in [0.2, 0.25) is 5.91 Å². The molecule has 1 amide bonds. The van der Waals surface area contributed by atoms with Crippen LogP contribution in [0, 0.1) is 0 Å². The first-order valence-electron chi connectivity index (χ1n) is 5.67. The van der Waals surface area contributed by atoms with Gasteiger partial charge in [-0.2, -0.15) is 0 Å². The van der Waals surface area contributed by atoms with E-state index in [1.807, 2.05) is 30.3 Å². The molecule has 88 valence electrons. The molecule has 16 heavy (non-hydrogen) atoms. The molecular formula is C13H18BrNO. The lowest BCUT2D eigenvalue weighted by atomic mass is 10.1. The molecule has 0 fully saturated rings. The molecule has 2 nitrogen and oxygen atoms in total. The molecule has 0 saturated carbocycles. The summed E-state index contributed by atoms with van der Waals surface area (Å²) in [4.78, 5) is 12.0. The normalized spacial score (nSPS) is 12.1. The van der Waals surface area contributed by atoms with E-state index in [-0.39, 0.29) is 5.91 Å². The van der Waals surface area contributed by atoms with Gasteiger partial charge in [0.05, 0.1) is 6.42 Å². The van der Waals surface area contributed by atoms with Crippen LogP contribution in [0.2, 0.25) is 0 Å². The fourth-order valence-electron chi connectivity index (χ4n) is 1.48. The van der Waals surface area contributed by atoms with Crippen LogP contribution in [0.25, 0.3) is 0 Å². The van der Waals surface area contributed by atoms with Gasteiger partial charge in [-0.15, -0.1) is 0 Å². The number of benzene rings is 1. The maximum atomic E-state index is 11.6. The second-order valence-electron chi connectivity index (χ2n) is 3.85. The van der Waals surface area contributed by atoms with E-state index in [0.717, 1.165) is 18.4 Å². The average Bonchev–Trinajstić information content (AvgIpc) is 2.28. The highest BCUT2D eigenvalue weighted by atomic mass is 79.9. The van der Waals surface area contributed by atoms with Crippen LogP contribution in [0.15, 0.2) is 30.3 Å². The third-order valence-corrected chi connectivity index (χ3v) is 3.11. The predicted molar refractivity (Wildman–Crippen MR) is 70.8 cm³/mol. The highest BCUT2D eigenvalue weighted by molar-refractivity contribution is 9.09. The number of halogens is 1. The Morgan fingerprint density at radius 1 is 1.38 bits per heavy atom. The molecule has 0 heterocycles. The topological polar surface area (TPSA) is 29.1 Å². The average molecular weight is 284 g/mol. The Morgan fingerprint density at radius 2 is 2.06 bits per heavy atom. The van der Waals surface area contributed by atoms with Crippen LogP contribution in [-0.4, -0.2) is 17.3 Å². The Balaban J connectivity index is 2.26. The molecule has 1 N–H and O–H groups in total. The summed E-state index contributed by atoms with van der Waals surface area (Å²) in [5, 5.41) is 2.93. The predicted octanol–water partition coefficient (Wildman–Crippen LogP) is 2.91. The van der Waals surface area contributed by atoms with Crippen molar-refractivity contribution in [3.05, 3.63) is 35.9 Å². The molecule has 0 spiro atoms. The Kier molecular flexibility index (Phi) is 6.16. The van der Waals surface area contributed by atoms with E-state index in [1.54, 1.807) is 0 Å². The number of hydrogen-bond donors (Lipinski definition) is 1. The van der Waals surface area contributed by atoms with E-state index >= 15 is 0 Å². The van der Waals surface area contributed by atoms with Gasteiger partial charge in [0, 0.05) is 11.4 Å². The minimum absolute atomic E-state index is 0.0896. The summed E-state index contributed by atoms with van der Waals surface area (Å²) in [6.45, 7) is 2.85. The van der Waals surface area contributed by atoms with Gasteiger partial charge in [-0.25, -0.2) is 0 Å². The van der Waals surface area contributed by atoms with Gasteiger partial charge in [-0.05, 0) is 12.0 Å². The summed E-state index contributed by atoms with van der Waals surface area (Å²) in [7, 11) is 0. The third kappa shape index (κ3) is 5.31. The van der Waals surface area contributed by atoms with Gasteiger partial charge in [0.25, 0.3) is 0 Å². The molecule has 0 bridgehead atoms. The molecule has 1 atom stereocenters. The molecule has 3 heteroatoms. The molecule has 0 saturated heterocycles. The molecule has 1 unspecified atom stereocenters. The van der Waals surface area contributed by atoms with Crippen LogP contribution in [0.3, 0.4) is 0 Å². The van der Waals surface area contributed by atoms with Gasteiger partial charge in [0.15, 0.2) is 0 Å². The van der Waals surface area contributed by atoms with Crippen LogP contribution in [0.5, 0.6) is 0 Å². The number of nitrogens with one attached hydrogen (secondary N) is 1. The van der Waals surface area contributed by atoms with Crippen molar-refractivity contribution in [1.82, 2.24) is 5.32 Å². The number of carbonyl (C=O) groups is 1. The fourth-order valence-corrected chi connectivity index (χ4v) is 2.10. The van der Waals surface area contributed by atoms with E-state index in [9.17, 15) is 4.79 Å². The summed E-state index contributed by atoms with van der Waals surface area (Å²) in [5.41, 5.74) is 1.06. The highest BCUT2D eigenvalue weighted by Gasteiger charge is 2.06. The van der Waals surface area contributed by atoms with E-state index in [4.69, 9.17) is 0 Å². The first-order valence-corrected chi connectivity index (χ1v) is 6.58. The Hall–Kier alpha value is -0.830. The lowest BCUT2D eigenvalue weighted by Crippen LogP contribution is -2.30. The second kappa shape index (κ2) is 7.44. The molecule has 1 aromatic carbocycles. The second-order valence-corrected chi connectivity index (χ2v) is 5.15. The molecule has 0 aliphatic heterocycles. The van der Waals surface area contributed by atoms with Crippen LogP contribution in [-0.2, 0) is 11.2 Å². The Labute approximate surface area is 106 Å². The van der Waals surface area contributed by atoms with Gasteiger partial charge >= 0.3 is 0 Å². The molecular weight excluding hydrogens is 266 g/mol. The van der Waals surface area contributed by atoms with Crippen LogP contribution < -0.4 is 5.32 Å². The zero-order valence-corrected chi connectivity index (χ0v) is 11.2. The SMILES string of the molecule is CCCC(Br)CNC(=O)Cc1ccccc1. The van der Waals surface area contributed by atoms with Gasteiger partial charge in [-0.3, -0.25) is 4.79 Å². The van der Waals surface area contributed by atoms with Gasteiger partial charge in [-0.1, -0.05) is 59.6 Å². The zero-order valence-electron chi connectivity index (χ0n) is 9.58. The minimum atomic E-state index is 0.0896. The number of rotatable bonds is 6. The van der Waals surface area contributed by atoms with Crippen molar-refractivity contribution >= 4 is 21.8 Å². The van der Waals surface area contributed by atoms with Crippen molar-refractivity contribution in [3.63, 3.8) is 0 Å². The van der Waals surface area contributed by atoms with E-state index in [1.165, 1.54) is 0 Å². The fraction of sp³-hybridized carbons (Fsp3) is 0.462. The first-order chi connectivity index (χ1) is 7.72. The van der Waals surface area contributed by atoms with Crippen molar-refractivity contribution < 1.29 is 4.79 Å². The van der Waals surface area contributed by atoms with E-state index in [2.05, 4.69) is 28.2 Å². The number of carbonyl (C=O) groups excluding carboxylic acids is 1. The lowest BCUT2D eigenvalue weighted by molar-refractivity contribution is -0.120. The van der Waals surface area contributed by atoms with Crippen LogP contribution >= 0.6 is 15.9 Å². The highest BCUT2D eigenvalue weighted by Crippen LogP contribution is 2.06. The first kappa shape index (κ1) is 13.2. The van der Waals surface area contributed by atoms with Crippen molar-refractivity contribution in [2.24, 2.45) is 0 Å². The van der Waals surface area contributed by atoms with Crippen molar-refractivity contribution in [1.29, 1.82) is 0 Å². The smallest absolute Gasteiger partial charge is 0.224 e. The summed E-state index contributed by atoms with van der Waals surface area (Å²) in [6.07, 6.45) is 2.68. The number of hydrogen-bond acceptors (Lipinski definition) is 1. The largest absolute Gasteiger partial charge is 0.355 e. The van der Waals surface area contributed by atoms with E-state index in [0.29, 0.717) is 17.8 Å². The van der Waals surface area contributed by atoms with Crippen molar-refractivity contribution in [2.45, 2.75) is 31.0 Å². The molecule has 1 aromatic rings. The summed E-state index contributed by atoms with van der Waals surface area (Å²) < 4.78 is 0. The quantitative estimate of drug-likeness (QED) is 0.800. The standard InChI is InChI=1S/C13H18BrNO/c1-2-6-12(14)10-15-13(16)9-11-7-4-3-5-8-11/h3-5,7-8,12H,2,6,9-10H2,1H3,(H,15,16). The van der Waals surface area contributed by atoms with Crippen molar-refractivity contribution in [3.8, 4) is 0 Å². The molecule has 0 aliphatic rings. The Bertz CT molecular complexity index is 313. The van der Waals surface area contributed by atoms with Crippen LogP contribution in [0.1, 0.15) is 25.3 Å². The molecule has 0 radical (unpaired) electrons. The maximum absolute atomic E-state index is 11.6. The molecule has 0 aliphatic carbocycles. The van der Waals surface area contributed by atoms with Gasteiger partial charge in [0.1, 0.15) is 0 Å². The molecule has 0 aromatic heterocycles. The lowest BCUT2D eigenvalue weighted by Gasteiger charge is -2.09. The van der Waals surface area contributed by atoms with Crippen LogP contribution in [0.4, 0.5) is 0 Å². The Morgan fingerprint density at radius 3 is 2.69 bits per heavy atom. The molecule has 1 rings (SSSR count). The van der Waals surface area contributed by atoms with Gasteiger partial charge < -0.3 is 5.32 Å². The minimum Gasteiger partial charge on any atom is -0.355 e. The number of amides is 1.